The molecule has 0 aliphatic carbocycles. The van der Waals surface area contributed by atoms with Crippen LogP contribution in [0.4, 0.5) is 4.79 Å². The predicted octanol–water partition coefficient (Wildman–Crippen LogP) is 5.97. The first kappa shape index (κ1) is 25.7. The Hall–Kier alpha value is -2.30. The Balaban J connectivity index is 2.34. The number of carbonyl (C=O) groups excluding carboxylic acids is 2. The molecule has 0 saturated carbocycles. The number of benzene rings is 1. The number of amides is 1. The highest BCUT2D eigenvalue weighted by molar-refractivity contribution is 5.81. The van der Waals surface area contributed by atoms with E-state index in [1.807, 2.05) is 43.3 Å². The minimum atomic E-state index is -0.744. The number of rotatable bonds is 17. The molecule has 0 spiro atoms. The fraction of sp³-hybridized carbons (Fsp3) is 0.600. The molecule has 0 aliphatic rings. The summed E-state index contributed by atoms with van der Waals surface area (Å²) >= 11 is 0. The Labute approximate surface area is 182 Å². The Bertz CT molecular complexity index is 588. The van der Waals surface area contributed by atoms with Crippen LogP contribution in [-0.2, 0) is 20.7 Å². The highest BCUT2D eigenvalue weighted by atomic mass is 16.6. The van der Waals surface area contributed by atoms with Crippen LogP contribution in [0.5, 0.6) is 0 Å². The fourth-order valence-electron chi connectivity index (χ4n) is 3.08. The largest absolute Gasteiger partial charge is 0.464 e. The van der Waals surface area contributed by atoms with Gasteiger partial charge in [-0.05, 0) is 31.2 Å². The molecule has 0 radical (unpaired) electrons. The first-order valence-electron chi connectivity index (χ1n) is 11.4. The number of hydrogen-bond acceptors (Lipinski definition) is 4. The van der Waals surface area contributed by atoms with E-state index < -0.39 is 18.1 Å². The van der Waals surface area contributed by atoms with Crippen LogP contribution >= 0.6 is 0 Å². The number of allylic oxidation sites excluding steroid dienone is 1. The second-order valence-corrected chi connectivity index (χ2v) is 7.60. The number of ether oxygens (including phenoxy) is 2. The van der Waals surface area contributed by atoms with Crippen molar-refractivity contribution < 1.29 is 19.1 Å². The predicted molar refractivity (Wildman–Crippen MR) is 121 cm³/mol. The van der Waals surface area contributed by atoms with Gasteiger partial charge in [0.05, 0.1) is 13.2 Å². The maximum Gasteiger partial charge on any atom is 0.407 e. The lowest BCUT2D eigenvalue weighted by Gasteiger charge is -2.18. The fourth-order valence-corrected chi connectivity index (χ4v) is 3.08. The molecule has 30 heavy (non-hydrogen) atoms. The summed E-state index contributed by atoms with van der Waals surface area (Å²) in [6.07, 6.45) is 12.6. The second kappa shape index (κ2) is 17.5. The maximum atomic E-state index is 12.5. The second-order valence-electron chi connectivity index (χ2n) is 7.60. The summed E-state index contributed by atoms with van der Waals surface area (Å²) in [5, 5.41) is 2.67. The van der Waals surface area contributed by atoms with Crippen LogP contribution in [0.2, 0.25) is 0 Å². The lowest BCUT2D eigenvalue weighted by atomic mass is 10.1. The molecule has 0 aromatic heterocycles. The number of hydrogen-bond donors (Lipinski definition) is 1. The van der Waals surface area contributed by atoms with Gasteiger partial charge in [-0.2, -0.15) is 0 Å². The van der Waals surface area contributed by atoms with Gasteiger partial charge in [-0.25, -0.2) is 9.59 Å². The van der Waals surface area contributed by atoms with Gasteiger partial charge in [0.15, 0.2) is 0 Å². The molecule has 1 atom stereocenters. The van der Waals surface area contributed by atoms with E-state index in [1.165, 1.54) is 25.7 Å². The zero-order chi connectivity index (χ0) is 21.9. The molecular weight excluding hydrogens is 378 g/mol. The Morgan fingerprint density at radius 1 is 0.933 bits per heavy atom. The smallest absolute Gasteiger partial charge is 0.407 e. The molecule has 0 saturated heterocycles. The third-order valence-electron chi connectivity index (χ3n) is 4.89. The molecule has 0 aliphatic heterocycles. The molecule has 5 heteroatoms. The molecule has 5 nitrogen and oxygen atoms in total. The monoisotopic (exact) mass is 417 g/mol. The van der Waals surface area contributed by atoms with Crippen LogP contribution in [0.25, 0.3) is 0 Å². The molecule has 1 unspecified atom stereocenters. The summed E-state index contributed by atoms with van der Waals surface area (Å²) < 4.78 is 10.6. The van der Waals surface area contributed by atoms with Gasteiger partial charge >= 0.3 is 12.1 Å². The van der Waals surface area contributed by atoms with Gasteiger partial charge in [0.1, 0.15) is 6.04 Å². The molecule has 1 amide bonds. The van der Waals surface area contributed by atoms with E-state index in [0.717, 1.165) is 44.1 Å². The topological polar surface area (TPSA) is 64.6 Å². The molecule has 0 fully saturated rings. The minimum Gasteiger partial charge on any atom is -0.464 e. The van der Waals surface area contributed by atoms with Crippen LogP contribution in [0.3, 0.4) is 0 Å². The lowest BCUT2D eigenvalue weighted by Crippen LogP contribution is -2.43. The zero-order valence-corrected chi connectivity index (χ0v) is 18.6. The summed E-state index contributed by atoms with van der Waals surface area (Å²) in [6.45, 7) is 6.50. The standard InChI is InChI=1S/C25H39NO4/c1-3-5-7-8-9-10-11-12-16-20-29-24(27)23(21-22-17-14-13-15-18-22)26-25(28)30-19-6-4-2/h3,13-15,17-18,23H,1,4-12,16,19-21H2,2H3,(H,26,28). The number of alkyl carbamates (subject to hydrolysis) is 1. The minimum absolute atomic E-state index is 0.350. The van der Waals surface area contributed by atoms with Gasteiger partial charge in [-0.3, -0.25) is 0 Å². The number of unbranched alkanes of at least 4 members (excludes halogenated alkanes) is 8. The Morgan fingerprint density at radius 3 is 2.23 bits per heavy atom. The summed E-state index contributed by atoms with van der Waals surface area (Å²) in [5.74, 6) is -0.407. The van der Waals surface area contributed by atoms with Crippen molar-refractivity contribution in [3.05, 3.63) is 48.6 Å². The van der Waals surface area contributed by atoms with Crippen LogP contribution in [-0.4, -0.2) is 31.3 Å². The number of carbonyl (C=O) groups is 2. The molecule has 0 heterocycles. The third-order valence-corrected chi connectivity index (χ3v) is 4.89. The van der Waals surface area contributed by atoms with E-state index in [-0.39, 0.29) is 0 Å². The van der Waals surface area contributed by atoms with E-state index in [9.17, 15) is 9.59 Å². The van der Waals surface area contributed by atoms with E-state index in [2.05, 4.69) is 11.9 Å². The van der Waals surface area contributed by atoms with Crippen molar-refractivity contribution in [3.63, 3.8) is 0 Å². The third kappa shape index (κ3) is 13.0. The number of nitrogens with one attached hydrogen (secondary N) is 1. The lowest BCUT2D eigenvalue weighted by molar-refractivity contribution is -0.146. The van der Waals surface area contributed by atoms with Crippen molar-refractivity contribution in [2.24, 2.45) is 0 Å². The van der Waals surface area contributed by atoms with Crippen molar-refractivity contribution in [2.75, 3.05) is 13.2 Å². The van der Waals surface area contributed by atoms with Crippen LogP contribution < -0.4 is 5.32 Å². The summed E-state index contributed by atoms with van der Waals surface area (Å²) in [6, 6.07) is 8.86. The molecule has 1 N–H and O–H groups in total. The van der Waals surface area contributed by atoms with Crippen molar-refractivity contribution >= 4 is 12.1 Å². The van der Waals surface area contributed by atoms with Gasteiger partial charge in [-0.1, -0.05) is 81.9 Å². The van der Waals surface area contributed by atoms with E-state index in [1.54, 1.807) is 0 Å². The number of esters is 1. The van der Waals surface area contributed by atoms with Crippen LogP contribution in [0.1, 0.15) is 76.7 Å². The van der Waals surface area contributed by atoms with Gasteiger partial charge in [0, 0.05) is 6.42 Å². The molecule has 0 bridgehead atoms. The van der Waals surface area contributed by atoms with E-state index in [4.69, 9.17) is 9.47 Å². The zero-order valence-electron chi connectivity index (χ0n) is 18.6. The van der Waals surface area contributed by atoms with Crippen molar-refractivity contribution in [2.45, 2.75) is 83.6 Å². The Kier molecular flexibility index (Phi) is 15.1. The first-order chi connectivity index (χ1) is 14.7. The molecule has 168 valence electrons. The van der Waals surface area contributed by atoms with Crippen LogP contribution in [0.15, 0.2) is 43.0 Å². The molecule has 1 aromatic carbocycles. The van der Waals surface area contributed by atoms with Crippen LogP contribution in [0, 0.1) is 0 Å². The quantitative estimate of drug-likeness (QED) is 0.192. The van der Waals surface area contributed by atoms with Gasteiger partial charge < -0.3 is 14.8 Å². The summed E-state index contributed by atoms with van der Waals surface area (Å²) in [7, 11) is 0. The van der Waals surface area contributed by atoms with Crippen molar-refractivity contribution in [3.8, 4) is 0 Å². The van der Waals surface area contributed by atoms with E-state index >= 15 is 0 Å². The van der Waals surface area contributed by atoms with Gasteiger partial charge in [-0.15, -0.1) is 6.58 Å². The van der Waals surface area contributed by atoms with Crippen molar-refractivity contribution in [1.29, 1.82) is 0 Å². The average molecular weight is 418 g/mol. The van der Waals surface area contributed by atoms with Gasteiger partial charge in [0.25, 0.3) is 0 Å². The molecule has 1 aromatic rings. The maximum absolute atomic E-state index is 12.5. The average Bonchev–Trinajstić information content (AvgIpc) is 2.75. The summed E-state index contributed by atoms with van der Waals surface area (Å²) in [5.41, 5.74) is 0.963. The molecular formula is C25H39NO4. The van der Waals surface area contributed by atoms with E-state index in [0.29, 0.717) is 19.6 Å². The first-order valence-corrected chi connectivity index (χ1v) is 11.4. The normalized spacial score (nSPS) is 11.5. The summed E-state index contributed by atoms with van der Waals surface area (Å²) in [4.78, 5) is 24.6. The SMILES string of the molecule is C=CCCCCCCCCCOC(=O)C(Cc1ccccc1)NC(=O)OCCCC. The molecule has 1 rings (SSSR count). The highest BCUT2D eigenvalue weighted by Gasteiger charge is 2.23. The van der Waals surface area contributed by atoms with Crippen molar-refractivity contribution in [1.82, 2.24) is 5.32 Å². The van der Waals surface area contributed by atoms with Gasteiger partial charge in [0.2, 0.25) is 0 Å². The highest BCUT2D eigenvalue weighted by Crippen LogP contribution is 2.10. The Morgan fingerprint density at radius 2 is 1.57 bits per heavy atom.